The Balaban J connectivity index is 2.14. The van der Waals surface area contributed by atoms with Gasteiger partial charge in [-0.15, -0.1) is 0 Å². The average Bonchev–Trinajstić information content (AvgIpc) is 2.47. The summed E-state index contributed by atoms with van der Waals surface area (Å²) in [4.78, 5) is 12.1. The molecule has 0 atom stereocenters. The molecule has 0 aromatic heterocycles. The van der Waals surface area contributed by atoms with Crippen LogP contribution in [0.15, 0.2) is 40.9 Å². The second-order valence-electron chi connectivity index (χ2n) is 4.63. The van der Waals surface area contributed by atoms with Crippen molar-refractivity contribution in [3.05, 3.63) is 57.6 Å². The van der Waals surface area contributed by atoms with Crippen LogP contribution < -0.4 is 10.5 Å². The van der Waals surface area contributed by atoms with Crippen LogP contribution in [0.1, 0.15) is 21.5 Å². The molecule has 21 heavy (non-hydrogen) atoms. The van der Waals surface area contributed by atoms with E-state index in [4.69, 9.17) is 15.2 Å². The number of aryl methyl sites for hydroxylation is 1. The molecule has 2 aromatic rings. The average molecular weight is 350 g/mol. The summed E-state index contributed by atoms with van der Waals surface area (Å²) in [6.45, 7) is 2.12. The van der Waals surface area contributed by atoms with Crippen molar-refractivity contribution in [3.8, 4) is 5.75 Å². The van der Waals surface area contributed by atoms with E-state index in [9.17, 15) is 4.79 Å². The number of ether oxygens (including phenoxy) is 2. The summed E-state index contributed by atoms with van der Waals surface area (Å²) in [6.07, 6.45) is 0. The van der Waals surface area contributed by atoms with E-state index < -0.39 is 5.97 Å². The molecule has 0 saturated heterocycles. The molecule has 0 spiro atoms. The number of hydrogen-bond acceptors (Lipinski definition) is 4. The van der Waals surface area contributed by atoms with Gasteiger partial charge in [-0.2, -0.15) is 0 Å². The van der Waals surface area contributed by atoms with Crippen molar-refractivity contribution in [1.82, 2.24) is 0 Å². The highest BCUT2D eigenvalue weighted by Crippen LogP contribution is 2.23. The van der Waals surface area contributed by atoms with Crippen LogP contribution in [0.25, 0.3) is 0 Å². The van der Waals surface area contributed by atoms with E-state index in [0.29, 0.717) is 21.5 Å². The number of nitrogens with two attached hydrogens (primary N) is 1. The molecule has 0 heterocycles. The Morgan fingerprint density at radius 1 is 1.24 bits per heavy atom. The minimum Gasteiger partial charge on any atom is -0.496 e. The molecule has 0 amide bonds. The van der Waals surface area contributed by atoms with Gasteiger partial charge in [0, 0.05) is 15.7 Å². The van der Waals surface area contributed by atoms with Crippen molar-refractivity contribution in [3.63, 3.8) is 0 Å². The first-order valence-corrected chi connectivity index (χ1v) is 7.16. The first-order chi connectivity index (χ1) is 10.0. The molecule has 2 N–H and O–H groups in total. The number of rotatable bonds is 4. The van der Waals surface area contributed by atoms with Gasteiger partial charge < -0.3 is 15.2 Å². The van der Waals surface area contributed by atoms with Gasteiger partial charge in [0.15, 0.2) is 0 Å². The minimum absolute atomic E-state index is 0.144. The molecule has 110 valence electrons. The molecule has 0 unspecified atom stereocenters. The Bertz CT molecular complexity index is 671. The summed E-state index contributed by atoms with van der Waals surface area (Å²) in [5, 5.41) is 0. The molecule has 2 aromatic carbocycles. The van der Waals surface area contributed by atoms with Gasteiger partial charge in [0.25, 0.3) is 0 Å². The molecule has 4 nitrogen and oxygen atoms in total. The summed E-state index contributed by atoms with van der Waals surface area (Å²) < 4.78 is 11.3. The zero-order chi connectivity index (χ0) is 15.4. The Morgan fingerprint density at radius 2 is 2.00 bits per heavy atom. The Kier molecular flexibility index (Phi) is 4.85. The summed E-state index contributed by atoms with van der Waals surface area (Å²) in [7, 11) is 1.59. The smallest absolute Gasteiger partial charge is 0.339 e. The van der Waals surface area contributed by atoms with Gasteiger partial charge in [-0.25, -0.2) is 4.79 Å². The highest BCUT2D eigenvalue weighted by Gasteiger charge is 2.13. The zero-order valence-electron chi connectivity index (χ0n) is 11.9. The largest absolute Gasteiger partial charge is 0.496 e. The zero-order valence-corrected chi connectivity index (χ0v) is 13.4. The number of benzene rings is 2. The second kappa shape index (κ2) is 6.63. The van der Waals surface area contributed by atoms with E-state index in [0.717, 1.165) is 11.1 Å². The van der Waals surface area contributed by atoms with Gasteiger partial charge in [0.2, 0.25) is 0 Å². The monoisotopic (exact) mass is 349 g/mol. The van der Waals surface area contributed by atoms with Crippen molar-refractivity contribution in [2.75, 3.05) is 12.8 Å². The maximum Gasteiger partial charge on any atom is 0.339 e. The third-order valence-corrected chi connectivity index (χ3v) is 3.70. The number of carbonyl (C=O) groups is 1. The molecule has 0 aliphatic rings. The van der Waals surface area contributed by atoms with Crippen LogP contribution in [-0.4, -0.2) is 13.1 Å². The second-order valence-corrected chi connectivity index (χ2v) is 5.49. The Morgan fingerprint density at radius 3 is 2.71 bits per heavy atom. The van der Waals surface area contributed by atoms with Gasteiger partial charge in [-0.3, -0.25) is 0 Å². The maximum absolute atomic E-state index is 12.1. The standard InChI is InChI=1S/C16H16BrNO3/c1-10-3-6-15(20-2)11(7-10)9-21-16(19)13-8-12(18)4-5-14(13)17/h3-8H,9,18H2,1-2H3. The normalized spacial score (nSPS) is 10.2. The van der Waals surface area contributed by atoms with Crippen LogP contribution in [0.5, 0.6) is 5.75 Å². The summed E-state index contributed by atoms with van der Waals surface area (Å²) >= 11 is 3.32. The predicted molar refractivity (Wildman–Crippen MR) is 85.4 cm³/mol. The van der Waals surface area contributed by atoms with Gasteiger partial charge >= 0.3 is 5.97 Å². The van der Waals surface area contributed by atoms with Crippen LogP contribution in [0.4, 0.5) is 5.69 Å². The molecule has 0 radical (unpaired) electrons. The highest BCUT2D eigenvalue weighted by atomic mass is 79.9. The van der Waals surface area contributed by atoms with Crippen molar-refractivity contribution >= 4 is 27.6 Å². The Hall–Kier alpha value is -2.01. The quantitative estimate of drug-likeness (QED) is 0.675. The number of halogens is 1. The lowest BCUT2D eigenvalue weighted by Gasteiger charge is -2.11. The van der Waals surface area contributed by atoms with Gasteiger partial charge in [-0.05, 0) is 53.2 Å². The number of hydrogen-bond donors (Lipinski definition) is 1. The first kappa shape index (κ1) is 15.4. The summed E-state index contributed by atoms with van der Waals surface area (Å²) in [5.74, 6) is 0.262. The fourth-order valence-corrected chi connectivity index (χ4v) is 2.35. The fourth-order valence-electron chi connectivity index (χ4n) is 1.94. The molecule has 0 aliphatic carbocycles. The van der Waals surface area contributed by atoms with E-state index in [-0.39, 0.29) is 6.61 Å². The molecule has 0 fully saturated rings. The lowest BCUT2D eigenvalue weighted by atomic mass is 10.1. The Labute approximate surface area is 132 Å². The molecular weight excluding hydrogens is 334 g/mol. The summed E-state index contributed by atoms with van der Waals surface area (Å²) in [6, 6.07) is 10.7. The first-order valence-electron chi connectivity index (χ1n) is 6.37. The van der Waals surface area contributed by atoms with E-state index in [1.807, 2.05) is 25.1 Å². The van der Waals surface area contributed by atoms with Crippen LogP contribution in [-0.2, 0) is 11.3 Å². The number of esters is 1. The van der Waals surface area contributed by atoms with Crippen LogP contribution in [0.2, 0.25) is 0 Å². The van der Waals surface area contributed by atoms with E-state index in [1.54, 1.807) is 25.3 Å². The topological polar surface area (TPSA) is 61.5 Å². The van der Waals surface area contributed by atoms with E-state index in [1.165, 1.54) is 0 Å². The molecule has 0 saturated carbocycles. The van der Waals surface area contributed by atoms with Crippen molar-refractivity contribution < 1.29 is 14.3 Å². The van der Waals surface area contributed by atoms with E-state index >= 15 is 0 Å². The fraction of sp³-hybridized carbons (Fsp3) is 0.188. The number of methoxy groups -OCH3 is 1. The van der Waals surface area contributed by atoms with E-state index in [2.05, 4.69) is 15.9 Å². The van der Waals surface area contributed by atoms with Gasteiger partial charge in [0.05, 0.1) is 12.7 Å². The number of carbonyl (C=O) groups excluding carboxylic acids is 1. The predicted octanol–water partition coefficient (Wildman–Crippen LogP) is 3.71. The van der Waals surface area contributed by atoms with Crippen LogP contribution >= 0.6 is 15.9 Å². The molecule has 0 bridgehead atoms. The van der Waals surface area contributed by atoms with Gasteiger partial charge in [0.1, 0.15) is 12.4 Å². The van der Waals surface area contributed by atoms with Crippen molar-refractivity contribution in [1.29, 1.82) is 0 Å². The molecular formula is C16H16BrNO3. The highest BCUT2D eigenvalue weighted by molar-refractivity contribution is 9.10. The third kappa shape index (κ3) is 3.76. The summed E-state index contributed by atoms with van der Waals surface area (Å²) in [5.41, 5.74) is 8.51. The lowest BCUT2D eigenvalue weighted by Crippen LogP contribution is -2.07. The SMILES string of the molecule is COc1ccc(C)cc1COC(=O)c1cc(N)ccc1Br. The lowest BCUT2D eigenvalue weighted by molar-refractivity contribution is 0.0469. The maximum atomic E-state index is 12.1. The molecule has 0 aliphatic heterocycles. The number of anilines is 1. The van der Waals surface area contributed by atoms with Gasteiger partial charge in [-0.1, -0.05) is 11.6 Å². The van der Waals surface area contributed by atoms with Crippen molar-refractivity contribution in [2.24, 2.45) is 0 Å². The van der Waals surface area contributed by atoms with Crippen molar-refractivity contribution in [2.45, 2.75) is 13.5 Å². The molecule has 2 rings (SSSR count). The minimum atomic E-state index is -0.433. The third-order valence-electron chi connectivity index (χ3n) is 3.01. The molecule has 5 heteroatoms. The van der Waals surface area contributed by atoms with Crippen LogP contribution in [0, 0.1) is 6.92 Å². The van der Waals surface area contributed by atoms with Crippen LogP contribution in [0.3, 0.4) is 0 Å². The number of nitrogen functional groups attached to an aromatic ring is 1.